The van der Waals surface area contributed by atoms with E-state index in [1.165, 1.54) is 0 Å². The van der Waals surface area contributed by atoms with E-state index in [0.717, 1.165) is 16.8 Å². The van der Waals surface area contributed by atoms with E-state index in [2.05, 4.69) is 10.3 Å². The van der Waals surface area contributed by atoms with E-state index in [9.17, 15) is 14.7 Å². The fraction of sp³-hybridized carbons (Fsp3) is 0.371. The normalized spacial score (nSPS) is 23.7. The molecule has 3 aliphatic rings. The maximum atomic E-state index is 16.2. The van der Waals surface area contributed by atoms with E-state index < -0.39 is 31.6 Å². The standard InChI is InChI=1S/C35H38FN5O5Si/c1-23-33(47(2,3)36)31(16-18-39-21-25(17-19-42)37-38-39)46-35(23)27-8-4-5-9-28(27)40(34(35)44)20-24-12-14-26(15-13-24)41-29-10-6-7-11-30(29)45-22-32(41)43/h4-15,21,23,31,33,42H,16-20,22H2,1-3H3/t23-,31+,33-,35+/m0/s1. The number of aryl methyl sites for hydroxylation is 1. The van der Waals surface area contributed by atoms with Crippen LogP contribution in [-0.4, -0.2) is 59.6 Å². The molecule has 1 fully saturated rings. The van der Waals surface area contributed by atoms with Crippen LogP contribution in [0.2, 0.25) is 18.6 Å². The van der Waals surface area contributed by atoms with Crippen molar-refractivity contribution in [2.45, 2.75) is 63.2 Å². The number of carbonyl (C=O) groups is 2. The SMILES string of the molecule is C[C@H]1[C@H]([Si](C)(C)F)[C@@H](CCn2cc(CCO)nn2)O[C@]12C(=O)N(Cc1ccc(N3C(=O)COc4ccccc43)cc1)c1ccccc12. The van der Waals surface area contributed by atoms with Crippen LogP contribution < -0.4 is 14.5 Å². The molecule has 0 unspecified atom stereocenters. The number of benzene rings is 3. The van der Waals surface area contributed by atoms with E-state index >= 15 is 4.11 Å². The lowest BCUT2D eigenvalue weighted by Gasteiger charge is -2.31. The van der Waals surface area contributed by atoms with Gasteiger partial charge in [-0.2, -0.15) is 0 Å². The Labute approximate surface area is 273 Å². The maximum absolute atomic E-state index is 16.2. The van der Waals surface area contributed by atoms with Crippen LogP contribution in [0.3, 0.4) is 0 Å². The number of nitrogens with zero attached hydrogens (tertiary/aromatic N) is 5. The number of aliphatic hydroxyl groups is 1. The van der Waals surface area contributed by atoms with Crippen molar-refractivity contribution in [2.24, 2.45) is 5.92 Å². The number of aromatic nitrogens is 3. The molecular formula is C35H38FN5O5Si. The summed E-state index contributed by atoms with van der Waals surface area (Å²) in [6.45, 7) is 6.04. The molecule has 0 radical (unpaired) electrons. The summed E-state index contributed by atoms with van der Waals surface area (Å²) in [5, 5.41) is 17.5. The van der Waals surface area contributed by atoms with Gasteiger partial charge in [0.25, 0.3) is 11.8 Å². The minimum atomic E-state index is -3.31. The van der Waals surface area contributed by atoms with Crippen LogP contribution >= 0.6 is 0 Å². The predicted molar refractivity (Wildman–Crippen MR) is 177 cm³/mol. The molecule has 2 amide bonds. The van der Waals surface area contributed by atoms with Gasteiger partial charge < -0.3 is 23.6 Å². The Morgan fingerprint density at radius 3 is 2.49 bits per heavy atom. The highest BCUT2D eigenvalue weighted by Gasteiger charge is 2.66. The van der Waals surface area contributed by atoms with Crippen molar-refractivity contribution in [1.82, 2.24) is 15.0 Å². The molecule has 4 heterocycles. The van der Waals surface area contributed by atoms with Crippen molar-refractivity contribution in [3.63, 3.8) is 0 Å². The average molecular weight is 656 g/mol. The van der Waals surface area contributed by atoms with Gasteiger partial charge in [0.1, 0.15) is 5.75 Å². The molecule has 0 bridgehead atoms. The number of hydrogen-bond acceptors (Lipinski definition) is 7. The minimum Gasteiger partial charge on any atom is -0.482 e. The number of fused-ring (bicyclic) bond motifs is 3. The minimum absolute atomic E-state index is 0.0155. The molecule has 12 heteroatoms. The molecule has 0 saturated carbocycles. The van der Waals surface area contributed by atoms with Crippen molar-refractivity contribution >= 4 is 37.3 Å². The summed E-state index contributed by atoms with van der Waals surface area (Å²) in [5.41, 5.74) is 2.76. The number of hydrogen-bond donors (Lipinski definition) is 1. The molecule has 1 spiro atoms. The second-order valence-corrected chi connectivity index (χ2v) is 16.9. The Bertz CT molecular complexity index is 1810. The summed E-state index contributed by atoms with van der Waals surface area (Å²) in [6.07, 6.45) is 2.18. The van der Waals surface area contributed by atoms with Gasteiger partial charge in [-0.1, -0.05) is 54.6 Å². The van der Waals surface area contributed by atoms with Crippen LogP contribution in [0.1, 0.15) is 30.2 Å². The highest BCUT2D eigenvalue weighted by atomic mass is 28.4. The van der Waals surface area contributed by atoms with Gasteiger partial charge in [0.2, 0.25) is 8.41 Å². The first-order valence-electron chi connectivity index (χ1n) is 16.0. The molecule has 1 saturated heterocycles. The second-order valence-electron chi connectivity index (χ2n) is 13.1. The molecule has 0 aliphatic carbocycles. The van der Waals surface area contributed by atoms with Crippen LogP contribution in [0.15, 0.2) is 79.0 Å². The van der Waals surface area contributed by atoms with Gasteiger partial charge in [-0.25, -0.2) is 0 Å². The van der Waals surface area contributed by atoms with E-state index in [1.807, 2.05) is 79.7 Å². The van der Waals surface area contributed by atoms with Crippen molar-refractivity contribution < 1.29 is 28.3 Å². The molecule has 244 valence electrons. The fourth-order valence-corrected chi connectivity index (χ4v) is 10.2. The first-order chi connectivity index (χ1) is 22.6. The second kappa shape index (κ2) is 12.0. The molecular weight excluding hydrogens is 617 g/mol. The molecule has 7 rings (SSSR count). The van der Waals surface area contributed by atoms with Crippen LogP contribution in [0.25, 0.3) is 0 Å². The zero-order valence-corrected chi connectivity index (χ0v) is 27.7. The van der Waals surface area contributed by atoms with Crippen LogP contribution in [-0.2, 0) is 39.4 Å². The summed E-state index contributed by atoms with van der Waals surface area (Å²) in [7, 11) is -3.31. The van der Waals surface area contributed by atoms with Gasteiger partial charge in [0, 0.05) is 48.5 Å². The maximum Gasteiger partial charge on any atom is 0.269 e. The summed E-state index contributed by atoms with van der Waals surface area (Å²) in [4.78, 5) is 30.9. The molecule has 47 heavy (non-hydrogen) atoms. The van der Waals surface area contributed by atoms with Crippen molar-refractivity contribution in [3.05, 3.63) is 95.8 Å². The van der Waals surface area contributed by atoms with Gasteiger partial charge in [0.15, 0.2) is 12.2 Å². The number of carbonyl (C=O) groups excluding carboxylic acids is 2. The Hall–Kier alpha value is -4.39. The number of para-hydroxylation sites is 3. The first kappa shape index (κ1) is 31.2. The number of ether oxygens (including phenoxy) is 2. The number of aliphatic hydroxyl groups excluding tert-OH is 1. The van der Waals surface area contributed by atoms with Crippen molar-refractivity contribution in [3.8, 4) is 5.75 Å². The Morgan fingerprint density at radius 1 is 1.02 bits per heavy atom. The summed E-state index contributed by atoms with van der Waals surface area (Å²) in [6, 6.07) is 22.7. The molecule has 1 aromatic heterocycles. The average Bonchev–Trinajstić information content (AvgIpc) is 3.70. The van der Waals surface area contributed by atoms with E-state index in [0.29, 0.717) is 48.7 Å². The van der Waals surface area contributed by atoms with E-state index in [4.69, 9.17) is 9.47 Å². The van der Waals surface area contributed by atoms with Gasteiger partial charge >= 0.3 is 0 Å². The summed E-state index contributed by atoms with van der Waals surface area (Å²) >= 11 is 0. The number of amides is 2. The lowest BCUT2D eigenvalue weighted by Crippen LogP contribution is -2.45. The molecule has 4 atom stereocenters. The predicted octanol–water partition coefficient (Wildman–Crippen LogP) is 5.28. The monoisotopic (exact) mass is 655 g/mol. The fourth-order valence-electron chi connectivity index (χ4n) is 7.68. The summed E-state index contributed by atoms with van der Waals surface area (Å²) in [5.74, 6) is -0.0971. The quantitative estimate of drug-likeness (QED) is 0.193. The highest BCUT2D eigenvalue weighted by Crippen LogP contribution is 2.60. The zero-order valence-electron chi connectivity index (χ0n) is 26.7. The van der Waals surface area contributed by atoms with Crippen molar-refractivity contribution in [2.75, 3.05) is 23.0 Å². The van der Waals surface area contributed by atoms with Gasteiger partial charge in [0.05, 0.1) is 29.7 Å². The Kier molecular flexibility index (Phi) is 7.97. The summed E-state index contributed by atoms with van der Waals surface area (Å²) < 4.78 is 30.3. The number of halogens is 1. The first-order valence-corrected chi connectivity index (χ1v) is 19.0. The lowest BCUT2D eigenvalue weighted by molar-refractivity contribution is -0.146. The topological polar surface area (TPSA) is 110 Å². The van der Waals surface area contributed by atoms with Gasteiger partial charge in [-0.15, -0.1) is 5.10 Å². The number of anilines is 3. The highest BCUT2D eigenvalue weighted by molar-refractivity contribution is 6.72. The van der Waals surface area contributed by atoms with Crippen LogP contribution in [0.5, 0.6) is 5.75 Å². The van der Waals surface area contributed by atoms with Crippen LogP contribution in [0, 0.1) is 5.92 Å². The third kappa shape index (κ3) is 5.34. The van der Waals surface area contributed by atoms with Gasteiger partial charge in [-0.05, 0) is 55.4 Å². The van der Waals surface area contributed by atoms with Crippen LogP contribution in [0.4, 0.5) is 21.2 Å². The largest absolute Gasteiger partial charge is 0.482 e. The smallest absolute Gasteiger partial charge is 0.269 e. The molecule has 3 aromatic carbocycles. The number of rotatable bonds is 9. The zero-order chi connectivity index (χ0) is 32.9. The lowest BCUT2D eigenvalue weighted by atomic mass is 9.82. The molecule has 4 aromatic rings. The Morgan fingerprint density at radius 2 is 1.74 bits per heavy atom. The van der Waals surface area contributed by atoms with E-state index in [-0.39, 0.29) is 25.0 Å². The molecule has 1 N–H and O–H groups in total. The third-order valence-electron chi connectivity index (χ3n) is 9.71. The Balaban J connectivity index is 1.16. The third-order valence-corrected chi connectivity index (χ3v) is 12.2. The van der Waals surface area contributed by atoms with E-state index in [1.54, 1.807) is 33.8 Å². The molecule has 3 aliphatic heterocycles. The molecule has 10 nitrogen and oxygen atoms in total. The van der Waals surface area contributed by atoms with Crippen molar-refractivity contribution in [1.29, 1.82) is 0 Å². The van der Waals surface area contributed by atoms with Gasteiger partial charge in [-0.3, -0.25) is 19.2 Å².